The lowest BCUT2D eigenvalue weighted by molar-refractivity contribution is 0.0690. The lowest BCUT2D eigenvalue weighted by Crippen LogP contribution is -2.66. The van der Waals surface area contributed by atoms with Crippen molar-refractivity contribution in [3.8, 4) is 22.4 Å². The van der Waals surface area contributed by atoms with Crippen LogP contribution in [0.1, 0.15) is 68.7 Å². The minimum atomic E-state index is -2.85. The Hall–Kier alpha value is -5.12. The van der Waals surface area contributed by atoms with Crippen LogP contribution < -0.4 is 15.7 Å². The van der Waals surface area contributed by atoms with Crippen molar-refractivity contribution in [1.82, 2.24) is 20.2 Å². The van der Waals surface area contributed by atoms with E-state index in [2.05, 4.69) is 79.6 Å². The minimum Gasteiger partial charge on any atom is -0.477 e. The van der Waals surface area contributed by atoms with Gasteiger partial charge in [0.15, 0.2) is 0 Å². The Morgan fingerprint density at radius 1 is 0.900 bits per heavy atom. The molecular formula is C41H44N4O4Si. The Bertz CT molecular complexity index is 1920. The number of benzene rings is 3. The Morgan fingerprint density at radius 3 is 2.12 bits per heavy atom. The second kappa shape index (κ2) is 14.4. The molecule has 1 aliphatic rings. The number of aromatic nitrogens is 2. The number of urea groups is 1. The van der Waals surface area contributed by atoms with Crippen molar-refractivity contribution < 1.29 is 19.1 Å². The largest absolute Gasteiger partial charge is 0.477 e. The Labute approximate surface area is 295 Å². The number of hydrogen-bond donors (Lipinski definition) is 2. The second-order valence-electron chi connectivity index (χ2n) is 14.1. The molecular weight excluding hydrogens is 641 g/mol. The topological polar surface area (TPSA) is 105 Å². The van der Waals surface area contributed by atoms with Crippen molar-refractivity contribution >= 4 is 30.7 Å². The molecule has 6 rings (SSSR count). The van der Waals surface area contributed by atoms with E-state index >= 15 is 0 Å². The van der Waals surface area contributed by atoms with Crippen molar-refractivity contribution in [2.45, 2.75) is 64.7 Å². The molecule has 0 saturated carbocycles. The predicted molar refractivity (Wildman–Crippen MR) is 200 cm³/mol. The smallest absolute Gasteiger partial charge is 0.354 e. The zero-order valence-electron chi connectivity index (χ0n) is 29.3. The summed E-state index contributed by atoms with van der Waals surface area (Å²) < 4.78 is 7.30. The molecule has 8 nitrogen and oxygen atoms in total. The van der Waals surface area contributed by atoms with E-state index in [1.807, 2.05) is 62.4 Å². The van der Waals surface area contributed by atoms with Crippen LogP contribution in [0, 0.1) is 0 Å². The van der Waals surface area contributed by atoms with Crippen LogP contribution >= 0.6 is 0 Å². The third kappa shape index (κ3) is 6.84. The standard InChI is InChI=1S/C41H44N4O4Si/c1-28(2)43-40(48)45-27-32-25-35(39(46)47)44-38(30-15-12-14-29(24-30)31-16-13-22-42-26-31)37(32)36(45)21-23-49-50(41(3,4)5,33-17-8-6-9-18-33)34-19-10-7-11-20-34/h6-20,22,24-26,28,36H,21,23,27H2,1-5H3,(H,43,48)(H,46,47). The van der Waals surface area contributed by atoms with Gasteiger partial charge in [-0.1, -0.05) is 106 Å². The number of nitrogens with zero attached hydrogens (tertiary/aromatic N) is 3. The summed E-state index contributed by atoms with van der Waals surface area (Å²) in [6, 6.07) is 33.7. The van der Waals surface area contributed by atoms with Crippen LogP contribution in [0.25, 0.3) is 22.4 Å². The summed E-state index contributed by atoms with van der Waals surface area (Å²) in [7, 11) is -2.85. The predicted octanol–water partition coefficient (Wildman–Crippen LogP) is 7.45. The monoisotopic (exact) mass is 684 g/mol. The van der Waals surface area contributed by atoms with E-state index in [-0.39, 0.29) is 29.3 Å². The Morgan fingerprint density at radius 2 is 1.54 bits per heavy atom. The maximum Gasteiger partial charge on any atom is 0.354 e. The van der Waals surface area contributed by atoms with Gasteiger partial charge < -0.3 is 19.7 Å². The number of nitrogens with one attached hydrogen (secondary N) is 1. The maximum atomic E-state index is 13.8. The third-order valence-corrected chi connectivity index (χ3v) is 14.4. The number of rotatable bonds is 10. The first kappa shape index (κ1) is 34.7. The Kier molecular flexibility index (Phi) is 9.99. The molecule has 1 aliphatic heterocycles. The van der Waals surface area contributed by atoms with Crippen LogP contribution in [0.2, 0.25) is 5.04 Å². The maximum absolute atomic E-state index is 13.8. The lowest BCUT2D eigenvalue weighted by atomic mass is 9.94. The molecule has 2 aromatic heterocycles. The molecule has 9 heteroatoms. The summed E-state index contributed by atoms with van der Waals surface area (Å²) in [6.07, 6.45) is 4.02. The zero-order chi connectivity index (χ0) is 35.5. The van der Waals surface area contributed by atoms with Gasteiger partial charge >= 0.3 is 12.0 Å². The van der Waals surface area contributed by atoms with Gasteiger partial charge in [-0.15, -0.1) is 0 Å². The van der Waals surface area contributed by atoms with Crippen LogP contribution in [-0.4, -0.2) is 52.9 Å². The number of carboxylic acids is 1. The van der Waals surface area contributed by atoms with Crippen LogP contribution in [0.5, 0.6) is 0 Å². The van der Waals surface area contributed by atoms with Gasteiger partial charge in [0.2, 0.25) is 0 Å². The van der Waals surface area contributed by atoms with Crippen LogP contribution in [0.3, 0.4) is 0 Å². The van der Waals surface area contributed by atoms with Crippen LogP contribution in [0.15, 0.2) is 116 Å². The van der Waals surface area contributed by atoms with Gasteiger partial charge in [0.05, 0.1) is 11.7 Å². The van der Waals surface area contributed by atoms with E-state index in [1.165, 1.54) is 10.4 Å². The highest BCUT2D eigenvalue weighted by molar-refractivity contribution is 6.99. The Balaban J connectivity index is 1.45. The van der Waals surface area contributed by atoms with E-state index in [4.69, 9.17) is 9.41 Å². The fraction of sp³-hybridized carbons (Fsp3) is 0.268. The SMILES string of the molecule is CC(C)NC(=O)N1Cc2cc(C(=O)O)nc(-c3cccc(-c4cccnc4)c3)c2C1CCO[Si](c1ccccc1)(c1ccccc1)C(C)(C)C. The number of hydrogen-bond acceptors (Lipinski definition) is 5. The average molecular weight is 685 g/mol. The number of carbonyl (C=O) groups is 2. The highest BCUT2D eigenvalue weighted by Gasteiger charge is 2.50. The number of carboxylic acid groups (broad SMARTS) is 1. The molecule has 2 amide bonds. The molecule has 256 valence electrons. The second-order valence-corrected chi connectivity index (χ2v) is 18.4. The molecule has 1 unspecified atom stereocenters. The molecule has 50 heavy (non-hydrogen) atoms. The summed E-state index contributed by atoms with van der Waals surface area (Å²) in [6.45, 7) is 11.2. The van der Waals surface area contributed by atoms with Gasteiger partial charge in [-0.25, -0.2) is 14.6 Å². The first-order valence-corrected chi connectivity index (χ1v) is 19.0. The number of fused-ring (bicyclic) bond motifs is 1. The van der Waals surface area contributed by atoms with E-state index < -0.39 is 20.3 Å². The number of amides is 2. The van der Waals surface area contributed by atoms with Crippen molar-refractivity contribution in [2.24, 2.45) is 0 Å². The van der Waals surface area contributed by atoms with Crippen molar-refractivity contribution in [3.05, 3.63) is 132 Å². The fourth-order valence-electron chi connectivity index (χ4n) is 7.20. The third-order valence-electron chi connectivity index (χ3n) is 9.34. The molecule has 0 saturated heterocycles. The highest BCUT2D eigenvalue weighted by Crippen LogP contribution is 2.43. The first-order chi connectivity index (χ1) is 24.0. The normalized spacial score (nSPS) is 14.4. The van der Waals surface area contributed by atoms with Gasteiger partial charge in [0.25, 0.3) is 8.32 Å². The number of aromatic carboxylic acids is 1. The van der Waals surface area contributed by atoms with Gasteiger partial charge in [0.1, 0.15) is 5.69 Å². The molecule has 3 aromatic carbocycles. The van der Waals surface area contributed by atoms with E-state index in [0.717, 1.165) is 27.8 Å². The average Bonchev–Trinajstić information content (AvgIpc) is 3.49. The van der Waals surface area contributed by atoms with E-state index in [9.17, 15) is 14.7 Å². The van der Waals surface area contributed by atoms with Crippen molar-refractivity contribution in [1.29, 1.82) is 0 Å². The van der Waals surface area contributed by atoms with Crippen molar-refractivity contribution in [2.75, 3.05) is 6.61 Å². The number of carbonyl (C=O) groups excluding carboxylic acids is 1. The van der Waals surface area contributed by atoms with Gasteiger partial charge in [-0.3, -0.25) is 4.98 Å². The van der Waals surface area contributed by atoms with Gasteiger partial charge in [-0.2, -0.15) is 0 Å². The van der Waals surface area contributed by atoms with Gasteiger partial charge in [-0.05, 0) is 65.0 Å². The zero-order valence-corrected chi connectivity index (χ0v) is 30.3. The quantitative estimate of drug-likeness (QED) is 0.148. The molecule has 1 atom stereocenters. The summed E-state index contributed by atoms with van der Waals surface area (Å²) in [5.41, 5.74) is 4.77. The molecule has 0 fully saturated rings. The minimum absolute atomic E-state index is 0.0565. The molecule has 0 spiro atoms. The summed E-state index contributed by atoms with van der Waals surface area (Å²) in [4.78, 5) is 37.1. The van der Waals surface area contributed by atoms with Crippen molar-refractivity contribution in [3.63, 3.8) is 0 Å². The van der Waals surface area contributed by atoms with E-state index in [0.29, 0.717) is 18.7 Å². The molecule has 0 bridgehead atoms. The summed E-state index contributed by atoms with van der Waals surface area (Å²) in [5.74, 6) is -1.12. The van der Waals surface area contributed by atoms with Gasteiger partial charge in [0, 0.05) is 48.3 Å². The molecule has 2 N–H and O–H groups in total. The van der Waals surface area contributed by atoms with Crippen LogP contribution in [-0.2, 0) is 11.0 Å². The lowest BCUT2D eigenvalue weighted by Gasteiger charge is -2.43. The summed E-state index contributed by atoms with van der Waals surface area (Å²) in [5, 5.41) is 15.3. The van der Waals surface area contributed by atoms with Crippen LogP contribution in [0.4, 0.5) is 4.79 Å². The molecule has 0 aliphatic carbocycles. The molecule has 0 radical (unpaired) electrons. The number of pyridine rings is 2. The summed E-state index contributed by atoms with van der Waals surface area (Å²) >= 11 is 0. The van der Waals surface area contributed by atoms with E-state index in [1.54, 1.807) is 23.4 Å². The highest BCUT2D eigenvalue weighted by atomic mass is 28.4. The fourth-order valence-corrected chi connectivity index (χ4v) is 11.8. The molecule has 5 aromatic rings. The molecule has 3 heterocycles. The first-order valence-electron chi connectivity index (χ1n) is 17.1.